The smallest absolute Gasteiger partial charge is 0.230 e. The van der Waals surface area contributed by atoms with E-state index in [4.69, 9.17) is 4.74 Å². The van der Waals surface area contributed by atoms with E-state index < -0.39 is 0 Å². The van der Waals surface area contributed by atoms with Crippen molar-refractivity contribution >= 4 is 17.7 Å². The lowest BCUT2D eigenvalue weighted by Gasteiger charge is -2.10. The summed E-state index contributed by atoms with van der Waals surface area (Å²) in [6.07, 6.45) is 3.43. The molecule has 1 amide bonds. The zero-order chi connectivity index (χ0) is 16.7. The zero-order valence-corrected chi connectivity index (χ0v) is 14.3. The Balaban J connectivity index is 2.16. The SMILES string of the molecule is COCCn1c(SCC(=O)NC(C)C)nnc1-c1ccncc1. The highest BCUT2D eigenvalue weighted by Crippen LogP contribution is 2.23. The van der Waals surface area contributed by atoms with Crippen molar-refractivity contribution in [2.45, 2.75) is 31.6 Å². The van der Waals surface area contributed by atoms with E-state index in [0.29, 0.717) is 24.1 Å². The van der Waals surface area contributed by atoms with Crippen LogP contribution in [0.15, 0.2) is 29.7 Å². The number of carbonyl (C=O) groups is 1. The van der Waals surface area contributed by atoms with Crippen LogP contribution in [-0.4, -0.2) is 51.2 Å². The molecule has 2 aromatic heterocycles. The van der Waals surface area contributed by atoms with Crippen LogP contribution in [0.3, 0.4) is 0 Å². The van der Waals surface area contributed by atoms with Crippen molar-refractivity contribution in [3.8, 4) is 11.4 Å². The largest absolute Gasteiger partial charge is 0.383 e. The van der Waals surface area contributed by atoms with Gasteiger partial charge in [0.1, 0.15) is 0 Å². The summed E-state index contributed by atoms with van der Waals surface area (Å²) in [5, 5.41) is 12.0. The Bertz CT molecular complexity index is 630. The number of nitrogens with zero attached hydrogens (tertiary/aromatic N) is 4. The fourth-order valence-electron chi connectivity index (χ4n) is 1.99. The van der Waals surface area contributed by atoms with E-state index in [1.165, 1.54) is 11.8 Å². The maximum absolute atomic E-state index is 11.8. The highest BCUT2D eigenvalue weighted by molar-refractivity contribution is 7.99. The molecule has 7 nitrogen and oxygen atoms in total. The van der Waals surface area contributed by atoms with Crippen LogP contribution in [0.5, 0.6) is 0 Å². The van der Waals surface area contributed by atoms with Crippen molar-refractivity contribution in [1.29, 1.82) is 0 Å². The summed E-state index contributed by atoms with van der Waals surface area (Å²) < 4.78 is 7.13. The number of aromatic nitrogens is 4. The molecule has 0 atom stereocenters. The average molecular weight is 335 g/mol. The normalized spacial score (nSPS) is 11.0. The summed E-state index contributed by atoms with van der Waals surface area (Å²) in [5.41, 5.74) is 0.932. The third-order valence-corrected chi connectivity index (χ3v) is 3.92. The van der Waals surface area contributed by atoms with Crippen LogP contribution < -0.4 is 5.32 Å². The van der Waals surface area contributed by atoms with Crippen LogP contribution >= 0.6 is 11.8 Å². The molecule has 2 aromatic rings. The molecule has 23 heavy (non-hydrogen) atoms. The molecule has 0 aliphatic carbocycles. The van der Waals surface area contributed by atoms with Gasteiger partial charge in [0.25, 0.3) is 0 Å². The van der Waals surface area contributed by atoms with Gasteiger partial charge in [-0.05, 0) is 26.0 Å². The third-order valence-electron chi connectivity index (χ3n) is 2.96. The molecule has 1 N–H and O–H groups in total. The summed E-state index contributed by atoms with van der Waals surface area (Å²) in [6, 6.07) is 3.89. The van der Waals surface area contributed by atoms with Crippen LogP contribution in [0.4, 0.5) is 0 Å². The highest BCUT2D eigenvalue weighted by atomic mass is 32.2. The van der Waals surface area contributed by atoms with Gasteiger partial charge in [-0.25, -0.2) is 0 Å². The molecular formula is C15H21N5O2S. The highest BCUT2D eigenvalue weighted by Gasteiger charge is 2.15. The molecule has 0 aliphatic heterocycles. The van der Waals surface area contributed by atoms with Gasteiger partial charge in [0.15, 0.2) is 11.0 Å². The van der Waals surface area contributed by atoms with E-state index >= 15 is 0 Å². The van der Waals surface area contributed by atoms with E-state index in [0.717, 1.165) is 11.4 Å². The summed E-state index contributed by atoms with van der Waals surface area (Å²) >= 11 is 1.37. The van der Waals surface area contributed by atoms with Gasteiger partial charge in [-0.15, -0.1) is 10.2 Å². The van der Waals surface area contributed by atoms with Gasteiger partial charge in [-0.3, -0.25) is 14.3 Å². The number of carbonyl (C=O) groups excluding carboxylic acids is 1. The minimum absolute atomic E-state index is 0.0169. The van der Waals surface area contributed by atoms with Crippen LogP contribution in [0.1, 0.15) is 13.8 Å². The van der Waals surface area contributed by atoms with Crippen molar-refractivity contribution in [3.63, 3.8) is 0 Å². The first-order valence-corrected chi connectivity index (χ1v) is 8.35. The minimum atomic E-state index is -0.0169. The molecule has 2 rings (SSSR count). The first-order valence-electron chi connectivity index (χ1n) is 7.36. The summed E-state index contributed by atoms with van der Waals surface area (Å²) in [6.45, 7) is 5.04. The minimum Gasteiger partial charge on any atom is -0.383 e. The zero-order valence-electron chi connectivity index (χ0n) is 13.5. The van der Waals surface area contributed by atoms with Crippen LogP contribution in [0.25, 0.3) is 11.4 Å². The fourth-order valence-corrected chi connectivity index (χ4v) is 2.76. The molecule has 8 heteroatoms. The third kappa shape index (κ3) is 5.04. The van der Waals surface area contributed by atoms with Crippen LogP contribution in [0, 0.1) is 0 Å². The van der Waals surface area contributed by atoms with Gasteiger partial charge >= 0.3 is 0 Å². The lowest BCUT2D eigenvalue weighted by Crippen LogP contribution is -2.31. The second-order valence-corrected chi connectivity index (χ2v) is 6.14. The number of hydrogen-bond donors (Lipinski definition) is 1. The number of methoxy groups -OCH3 is 1. The Kier molecular flexibility index (Phi) is 6.54. The number of hydrogen-bond acceptors (Lipinski definition) is 6. The lowest BCUT2D eigenvalue weighted by atomic mass is 10.2. The number of amides is 1. The van der Waals surface area contributed by atoms with E-state index in [1.54, 1.807) is 19.5 Å². The molecule has 0 aliphatic rings. The average Bonchev–Trinajstić information content (AvgIpc) is 2.94. The number of nitrogens with one attached hydrogen (secondary N) is 1. The Morgan fingerprint density at radius 2 is 2.09 bits per heavy atom. The monoisotopic (exact) mass is 335 g/mol. The number of ether oxygens (including phenoxy) is 1. The van der Waals surface area contributed by atoms with Gasteiger partial charge in [0.05, 0.1) is 18.9 Å². The second-order valence-electron chi connectivity index (χ2n) is 5.20. The molecular weight excluding hydrogens is 314 g/mol. The van der Waals surface area contributed by atoms with Crippen LogP contribution in [0.2, 0.25) is 0 Å². The molecule has 0 saturated carbocycles. The molecule has 2 heterocycles. The summed E-state index contributed by atoms with van der Waals surface area (Å²) in [7, 11) is 1.65. The van der Waals surface area contributed by atoms with Gasteiger partial charge in [0, 0.05) is 31.1 Å². The van der Waals surface area contributed by atoms with Gasteiger partial charge in [0.2, 0.25) is 5.91 Å². The van der Waals surface area contributed by atoms with Crippen molar-refractivity contribution in [3.05, 3.63) is 24.5 Å². The predicted molar refractivity (Wildman–Crippen MR) is 89.1 cm³/mol. The van der Waals surface area contributed by atoms with Crippen molar-refractivity contribution in [2.75, 3.05) is 19.5 Å². The first-order chi connectivity index (χ1) is 11.1. The van der Waals surface area contributed by atoms with Gasteiger partial charge < -0.3 is 10.1 Å². The Morgan fingerprint density at radius 3 is 2.74 bits per heavy atom. The van der Waals surface area contributed by atoms with Crippen molar-refractivity contribution in [1.82, 2.24) is 25.1 Å². The first kappa shape index (κ1) is 17.4. The van der Waals surface area contributed by atoms with Gasteiger partial charge in [-0.2, -0.15) is 0 Å². The standard InChI is InChI=1S/C15H21N5O2S/c1-11(2)17-13(21)10-23-15-19-18-14(20(15)8-9-22-3)12-4-6-16-7-5-12/h4-7,11H,8-10H2,1-3H3,(H,17,21). The number of rotatable bonds is 8. The molecule has 0 saturated heterocycles. The second kappa shape index (κ2) is 8.64. The van der Waals surface area contributed by atoms with Crippen molar-refractivity contribution < 1.29 is 9.53 Å². The number of thioether (sulfide) groups is 1. The molecule has 0 radical (unpaired) electrons. The molecule has 124 valence electrons. The Labute approximate surface area is 139 Å². The molecule has 0 unspecified atom stereocenters. The van der Waals surface area contributed by atoms with E-state index in [9.17, 15) is 4.79 Å². The van der Waals surface area contributed by atoms with E-state index in [-0.39, 0.29) is 11.9 Å². The van der Waals surface area contributed by atoms with Gasteiger partial charge in [-0.1, -0.05) is 11.8 Å². The Morgan fingerprint density at radius 1 is 1.35 bits per heavy atom. The Hall–Kier alpha value is -1.93. The maximum atomic E-state index is 11.8. The molecule has 0 bridgehead atoms. The quantitative estimate of drug-likeness (QED) is 0.738. The summed E-state index contributed by atoms with van der Waals surface area (Å²) in [4.78, 5) is 15.8. The van der Waals surface area contributed by atoms with Crippen molar-refractivity contribution in [2.24, 2.45) is 0 Å². The topological polar surface area (TPSA) is 81.9 Å². The fraction of sp³-hybridized carbons (Fsp3) is 0.467. The number of pyridine rings is 1. The predicted octanol–water partition coefficient (Wildman–Crippen LogP) is 1.60. The molecule has 0 aromatic carbocycles. The molecule has 0 spiro atoms. The van der Waals surface area contributed by atoms with Crippen LogP contribution in [-0.2, 0) is 16.1 Å². The molecule has 0 fully saturated rings. The van der Waals surface area contributed by atoms with E-state index in [2.05, 4.69) is 20.5 Å². The maximum Gasteiger partial charge on any atom is 0.230 e. The van der Waals surface area contributed by atoms with E-state index in [1.807, 2.05) is 30.5 Å². The summed E-state index contributed by atoms with van der Waals surface area (Å²) in [5.74, 6) is 1.03. The lowest BCUT2D eigenvalue weighted by molar-refractivity contribution is -0.119.